The molecule has 2 heterocycles. The summed E-state index contributed by atoms with van der Waals surface area (Å²) in [6.45, 7) is 5.40. The molecule has 0 unspecified atom stereocenters. The molecule has 2 aliphatic heterocycles. The summed E-state index contributed by atoms with van der Waals surface area (Å²) in [5.74, 6) is 0.685. The number of hydrogen-bond donors (Lipinski definition) is 3. The molecule has 2 fully saturated rings. The van der Waals surface area contributed by atoms with Gasteiger partial charge in [-0.15, -0.1) is 24.0 Å². The lowest BCUT2D eigenvalue weighted by molar-refractivity contribution is -0.0566. The highest BCUT2D eigenvalue weighted by Crippen LogP contribution is 2.20. The largest absolute Gasteiger partial charge is 0.388 e. The highest BCUT2D eigenvalue weighted by Gasteiger charge is 2.30. The Morgan fingerprint density at radius 1 is 1.32 bits per heavy atom. The van der Waals surface area contributed by atoms with Crippen molar-refractivity contribution in [1.29, 1.82) is 0 Å². The maximum Gasteiger partial charge on any atom is 0.251 e. The zero-order valence-electron chi connectivity index (χ0n) is 14.8. The minimum atomic E-state index is -2.27. The van der Waals surface area contributed by atoms with Crippen LogP contribution >= 0.6 is 24.0 Å². The smallest absolute Gasteiger partial charge is 0.251 e. The van der Waals surface area contributed by atoms with E-state index in [9.17, 15) is 13.9 Å². The Kier molecular flexibility index (Phi) is 10.4. The molecule has 0 aromatic heterocycles. The van der Waals surface area contributed by atoms with E-state index in [4.69, 9.17) is 4.74 Å². The van der Waals surface area contributed by atoms with Crippen LogP contribution in [0.15, 0.2) is 4.99 Å². The van der Waals surface area contributed by atoms with Crippen LogP contribution < -0.4 is 10.6 Å². The minimum absolute atomic E-state index is 0. The topological polar surface area (TPSA) is 69.1 Å². The van der Waals surface area contributed by atoms with Gasteiger partial charge < -0.3 is 20.5 Å². The van der Waals surface area contributed by atoms with Gasteiger partial charge in [0.1, 0.15) is 0 Å². The monoisotopic (exact) mass is 476 g/mol. The Morgan fingerprint density at radius 3 is 2.52 bits per heavy atom. The van der Waals surface area contributed by atoms with Crippen LogP contribution in [0.3, 0.4) is 0 Å². The molecule has 0 bridgehead atoms. The lowest BCUT2D eigenvalue weighted by Gasteiger charge is -2.33. The number of ether oxygens (including phenoxy) is 1. The van der Waals surface area contributed by atoms with Gasteiger partial charge >= 0.3 is 0 Å². The summed E-state index contributed by atoms with van der Waals surface area (Å²) in [7, 11) is 0. The molecule has 9 heteroatoms. The van der Waals surface area contributed by atoms with Gasteiger partial charge in [-0.1, -0.05) is 0 Å². The second kappa shape index (κ2) is 11.5. The molecule has 0 amide bonds. The number of piperidine rings is 1. The van der Waals surface area contributed by atoms with Crippen LogP contribution in [0.1, 0.15) is 32.6 Å². The first-order valence-corrected chi connectivity index (χ1v) is 8.86. The predicted octanol–water partition coefficient (Wildman–Crippen LogP) is 1.43. The molecule has 0 spiro atoms. The summed E-state index contributed by atoms with van der Waals surface area (Å²) in [5, 5.41) is 17.1. The average molecular weight is 476 g/mol. The first kappa shape index (κ1) is 22.8. The van der Waals surface area contributed by atoms with Crippen LogP contribution in [-0.2, 0) is 4.74 Å². The Bertz CT molecular complexity index is 402. The van der Waals surface area contributed by atoms with Crippen molar-refractivity contribution in [2.75, 3.05) is 45.9 Å². The number of nitrogens with one attached hydrogen (secondary N) is 2. The highest BCUT2D eigenvalue weighted by molar-refractivity contribution is 14.0. The normalized spacial score (nSPS) is 22.5. The SMILES string of the molecule is CCNC(=NCC1(O)CCOCC1)NC1CCN(CC(F)F)CC1.I. The van der Waals surface area contributed by atoms with Gasteiger partial charge in [0.05, 0.1) is 18.7 Å². The lowest BCUT2D eigenvalue weighted by Crippen LogP contribution is -2.50. The minimum Gasteiger partial charge on any atom is -0.388 e. The van der Waals surface area contributed by atoms with E-state index < -0.39 is 12.0 Å². The van der Waals surface area contributed by atoms with E-state index in [1.165, 1.54) is 0 Å². The number of nitrogens with zero attached hydrogens (tertiary/aromatic N) is 2. The van der Waals surface area contributed by atoms with E-state index in [-0.39, 0.29) is 36.6 Å². The van der Waals surface area contributed by atoms with Crippen molar-refractivity contribution in [3.8, 4) is 0 Å². The number of alkyl halides is 2. The number of halogens is 3. The Morgan fingerprint density at radius 2 is 1.96 bits per heavy atom. The highest BCUT2D eigenvalue weighted by atomic mass is 127. The fourth-order valence-electron chi connectivity index (χ4n) is 3.10. The van der Waals surface area contributed by atoms with Crippen LogP contribution in [0.5, 0.6) is 0 Å². The second-order valence-corrected chi connectivity index (χ2v) is 6.64. The van der Waals surface area contributed by atoms with E-state index >= 15 is 0 Å². The van der Waals surface area contributed by atoms with E-state index in [1.54, 1.807) is 4.90 Å². The molecule has 0 aromatic rings. The summed E-state index contributed by atoms with van der Waals surface area (Å²) in [6.07, 6.45) is 0.558. The van der Waals surface area contributed by atoms with Crippen LogP contribution in [0.4, 0.5) is 8.78 Å². The third-order valence-corrected chi connectivity index (χ3v) is 4.62. The number of likely N-dealkylation sites (tertiary alicyclic amines) is 1. The third-order valence-electron chi connectivity index (χ3n) is 4.62. The molecule has 0 saturated carbocycles. The van der Waals surface area contributed by atoms with Crippen molar-refractivity contribution in [1.82, 2.24) is 15.5 Å². The molecule has 0 atom stereocenters. The van der Waals surface area contributed by atoms with Crippen molar-refractivity contribution >= 4 is 29.9 Å². The van der Waals surface area contributed by atoms with E-state index in [1.807, 2.05) is 6.92 Å². The molecular formula is C16H31F2IN4O2. The zero-order valence-corrected chi connectivity index (χ0v) is 17.2. The van der Waals surface area contributed by atoms with Gasteiger partial charge in [-0.2, -0.15) is 0 Å². The van der Waals surface area contributed by atoms with Crippen LogP contribution in [0.25, 0.3) is 0 Å². The maximum absolute atomic E-state index is 12.4. The molecule has 0 aromatic carbocycles. The van der Waals surface area contributed by atoms with Crippen molar-refractivity contribution in [2.45, 2.75) is 50.7 Å². The first-order chi connectivity index (χ1) is 11.5. The fourth-order valence-corrected chi connectivity index (χ4v) is 3.10. The van der Waals surface area contributed by atoms with Crippen LogP contribution in [0, 0.1) is 0 Å². The number of aliphatic imine (C=N–C) groups is 1. The van der Waals surface area contributed by atoms with E-state index in [0.717, 1.165) is 19.4 Å². The predicted molar refractivity (Wildman–Crippen MR) is 105 cm³/mol. The summed E-state index contributed by atoms with van der Waals surface area (Å²) < 4.78 is 30.1. The molecule has 25 heavy (non-hydrogen) atoms. The van der Waals surface area contributed by atoms with Gasteiger partial charge in [0.15, 0.2) is 5.96 Å². The van der Waals surface area contributed by atoms with Gasteiger partial charge in [0.25, 0.3) is 6.43 Å². The van der Waals surface area contributed by atoms with E-state index in [0.29, 0.717) is 51.6 Å². The Labute approximate surface area is 165 Å². The standard InChI is InChI=1S/C16H30F2N4O2.HI/c1-2-19-15(20-12-16(23)5-9-24-10-6-16)21-13-3-7-22(8-4-13)11-14(17)18;/h13-14,23H,2-12H2,1H3,(H2,19,20,21);1H. The lowest BCUT2D eigenvalue weighted by atomic mass is 9.95. The quantitative estimate of drug-likeness (QED) is 0.308. The van der Waals surface area contributed by atoms with Gasteiger partial charge in [-0.05, 0) is 19.8 Å². The van der Waals surface area contributed by atoms with Crippen LogP contribution in [-0.4, -0.2) is 80.0 Å². The van der Waals surface area contributed by atoms with Gasteiger partial charge in [0.2, 0.25) is 0 Å². The Hall–Kier alpha value is -0.260. The summed E-state index contributed by atoms with van der Waals surface area (Å²) in [5.41, 5.74) is -0.790. The average Bonchev–Trinajstić information content (AvgIpc) is 2.55. The van der Waals surface area contributed by atoms with Crippen molar-refractivity contribution in [3.63, 3.8) is 0 Å². The summed E-state index contributed by atoms with van der Waals surface area (Å²) in [4.78, 5) is 6.33. The van der Waals surface area contributed by atoms with Gasteiger partial charge in [-0.3, -0.25) is 9.89 Å². The summed E-state index contributed by atoms with van der Waals surface area (Å²) >= 11 is 0. The number of hydrogen-bond acceptors (Lipinski definition) is 4. The molecule has 3 N–H and O–H groups in total. The number of guanidine groups is 1. The van der Waals surface area contributed by atoms with Gasteiger partial charge in [-0.25, -0.2) is 8.78 Å². The molecule has 0 aliphatic carbocycles. The van der Waals surface area contributed by atoms with Crippen molar-refractivity contribution in [3.05, 3.63) is 0 Å². The second-order valence-electron chi connectivity index (χ2n) is 6.64. The maximum atomic E-state index is 12.4. The zero-order chi connectivity index (χ0) is 17.4. The van der Waals surface area contributed by atoms with Crippen LogP contribution in [0.2, 0.25) is 0 Å². The van der Waals surface area contributed by atoms with Crippen molar-refractivity contribution in [2.24, 2.45) is 4.99 Å². The molecule has 0 radical (unpaired) electrons. The summed E-state index contributed by atoms with van der Waals surface area (Å²) in [6, 6.07) is 0.223. The molecular weight excluding hydrogens is 445 g/mol. The molecule has 148 valence electrons. The third kappa shape index (κ3) is 8.31. The van der Waals surface area contributed by atoms with Gasteiger partial charge in [0, 0.05) is 51.7 Å². The first-order valence-electron chi connectivity index (χ1n) is 8.86. The molecule has 2 aliphatic rings. The molecule has 2 saturated heterocycles. The molecule has 2 rings (SSSR count). The Balaban J connectivity index is 0.00000312. The molecule has 6 nitrogen and oxygen atoms in total. The van der Waals surface area contributed by atoms with Crippen molar-refractivity contribution < 1.29 is 18.6 Å². The number of rotatable bonds is 6. The fraction of sp³-hybridized carbons (Fsp3) is 0.938. The van der Waals surface area contributed by atoms with E-state index in [2.05, 4.69) is 15.6 Å². The number of aliphatic hydroxyl groups is 1.